The Hall–Kier alpha value is -2.93. The van der Waals surface area contributed by atoms with Crippen molar-refractivity contribution in [2.24, 2.45) is 0 Å². The van der Waals surface area contributed by atoms with Crippen LogP contribution in [0.5, 0.6) is 0 Å². The molecule has 0 saturated carbocycles. The lowest BCUT2D eigenvalue weighted by atomic mass is 10.2. The Labute approximate surface area is 173 Å². The number of nitrogens with zero attached hydrogens (tertiary/aromatic N) is 2. The molecule has 150 valence electrons. The average Bonchev–Trinajstić information content (AvgIpc) is 3.30. The highest BCUT2D eigenvalue weighted by molar-refractivity contribution is 7.89. The van der Waals surface area contributed by atoms with Gasteiger partial charge in [-0.2, -0.15) is 9.57 Å². The van der Waals surface area contributed by atoms with Crippen LogP contribution in [0.3, 0.4) is 0 Å². The van der Waals surface area contributed by atoms with Gasteiger partial charge in [0.15, 0.2) is 0 Å². The van der Waals surface area contributed by atoms with Crippen LogP contribution >= 0.6 is 11.3 Å². The molecule has 2 aromatic heterocycles. The molecule has 1 N–H and O–H groups in total. The number of nitrogens with one attached hydrogen (secondary N) is 1. The lowest BCUT2D eigenvalue weighted by Crippen LogP contribution is -2.26. The highest BCUT2D eigenvalue weighted by Gasteiger charge is 2.22. The minimum Gasteiger partial charge on any atom is -0.468 e. The third-order valence-corrected chi connectivity index (χ3v) is 7.45. The van der Waals surface area contributed by atoms with E-state index in [1.54, 1.807) is 12.1 Å². The number of amides is 1. The van der Waals surface area contributed by atoms with Crippen molar-refractivity contribution in [3.63, 3.8) is 0 Å². The van der Waals surface area contributed by atoms with Crippen LogP contribution in [0.2, 0.25) is 0 Å². The SMILES string of the molecule is Cc1sc(NC(=O)c2ccc(S(=O)(=O)N(C)Cc3ccco3)cc2)c(C#N)c1C. The van der Waals surface area contributed by atoms with E-state index in [0.717, 1.165) is 10.4 Å². The predicted octanol–water partition coefficient (Wildman–Crippen LogP) is 3.90. The lowest BCUT2D eigenvalue weighted by Gasteiger charge is -2.16. The zero-order valence-electron chi connectivity index (χ0n) is 16.1. The predicted molar refractivity (Wildman–Crippen MR) is 110 cm³/mol. The summed E-state index contributed by atoms with van der Waals surface area (Å²) in [6, 6.07) is 11.2. The van der Waals surface area contributed by atoms with Gasteiger partial charge in [0.05, 0.1) is 23.3 Å². The maximum Gasteiger partial charge on any atom is 0.256 e. The second-order valence-electron chi connectivity index (χ2n) is 6.42. The van der Waals surface area contributed by atoms with Gasteiger partial charge in [0.2, 0.25) is 10.0 Å². The van der Waals surface area contributed by atoms with Crippen LogP contribution in [0, 0.1) is 25.2 Å². The molecule has 0 aliphatic heterocycles. The van der Waals surface area contributed by atoms with E-state index in [1.165, 1.54) is 53.2 Å². The van der Waals surface area contributed by atoms with E-state index in [0.29, 0.717) is 21.9 Å². The molecule has 0 unspecified atom stereocenters. The molecule has 0 atom stereocenters. The summed E-state index contributed by atoms with van der Waals surface area (Å²) in [4.78, 5) is 13.6. The second-order valence-corrected chi connectivity index (χ2v) is 9.69. The normalized spacial score (nSPS) is 11.4. The molecule has 0 bridgehead atoms. The largest absolute Gasteiger partial charge is 0.468 e. The van der Waals surface area contributed by atoms with Crippen molar-refractivity contribution in [3.8, 4) is 6.07 Å². The van der Waals surface area contributed by atoms with Crippen molar-refractivity contribution in [3.05, 3.63) is 70.0 Å². The molecule has 9 heteroatoms. The fourth-order valence-electron chi connectivity index (χ4n) is 2.69. The molecular formula is C20H19N3O4S2. The first kappa shape index (κ1) is 20.8. The second kappa shape index (κ2) is 8.21. The van der Waals surface area contributed by atoms with Crippen molar-refractivity contribution in [1.82, 2.24) is 4.31 Å². The number of anilines is 1. The number of nitriles is 1. The van der Waals surface area contributed by atoms with Gasteiger partial charge in [-0.25, -0.2) is 8.42 Å². The molecule has 0 fully saturated rings. The van der Waals surface area contributed by atoms with Gasteiger partial charge in [0.1, 0.15) is 16.8 Å². The molecule has 0 saturated heterocycles. The maximum absolute atomic E-state index is 12.7. The van der Waals surface area contributed by atoms with E-state index in [-0.39, 0.29) is 11.4 Å². The average molecular weight is 430 g/mol. The lowest BCUT2D eigenvalue weighted by molar-refractivity contribution is 0.102. The van der Waals surface area contributed by atoms with Crippen LogP contribution in [0.4, 0.5) is 5.00 Å². The zero-order valence-corrected chi connectivity index (χ0v) is 17.7. The monoisotopic (exact) mass is 429 g/mol. The highest BCUT2D eigenvalue weighted by Crippen LogP contribution is 2.32. The first-order valence-electron chi connectivity index (χ1n) is 8.64. The Morgan fingerprint density at radius 3 is 2.52 bits per heavy atom. The number of furan rings is 1. The van der Waals surface area contributed by atoms with E-state index in [4.69, 9.17) is 4.42 Å². The number of benzene rings is 1. The van der Waals surface area contributed by atoms with Crippen molar-refractivity contribution in [2.45, 2.75) is 25.3 Å². The summed E-state index contributed by atoms with van der Waals surface area (Å²) in [6.45, 7) is 3.82. The molecule has 3 aromatic rings. The molecule has 2 heterocycles. The third kappa shape index (κ3) is 4.24. The first-order valence-corrected chi connectivity index (χ1v) is 10.9. The number of rotatable bonds is 6. The quantitative estimate of drug-likeness (QED) is 0.640. The van der Waals surface area contributed by atoms with Crippen LogP contribution < -0.4 is 5.32 Å². The van der Waals surface area contributed by atoms with Gasteiger partial charge in [-0.05, 0) is 55.8 Å². The van der Waals surface area contributed by atoms with Gasteiger partial charge < -0.3 is 9.73 Å². The van der Waals surface area contributed by atoms with Crippen LogP contribution in [0.15, 0.2) is 52.0 Å². The van der Waals surface area contributed by atoms with Crippen molar-refractivity contribution in [2.75, 3.05) is 12.4 Å². The molecule has 7 nitrogen and oxygen atoms in total. The molecule has 0 aliphatic rings. The van der Waals surface area contributed by atoms with Gasteiger partial charge in [-0.15, -0.1) is 11.3 Å². The van der Waals surface area contributed by atoms with E-state index >= 15 is 0 Å². The summed E-state index contributed by atoms with van der Waals surface area (Å²) >= 11 is 1.34. The Morgan fingerprint density at radius 2 is 1.93 bits per heavy atom. The Bertz CT molecular complexity index is 1170. The molecule has 1 aromatic carbocycles. The fraction of sp³-hybridized carbons (Fsp3) is 0.200. The minimum absolute atomic E-state index is 0.0728. The Morgan fingerprint density at radius 1 is 1.24 bits per heavy atom. The van der Waals surface area contributed by atoms with E-state index < -0.39 is 15.9 Å². The highest BCUT2D eigenvalue weighted by atomic mass is 32.2. The minimum atomic E-state index is -3.73. The molecule has 0 spiro atoms. The van der Waals surface area contributed by atoms with Crippen LogP contribution in [0.25, 0.3) is 0 Å². The number of carbonyl (C=O) groups is 1. The number of thiophene rings is 1. The van der Waals surface area contributed by atoms with Crippen molar-refractivity contribution in [1.29, 1.82) is 5.26 Å². The summed E-state index contributed by atoms with van der Waals surface area (Å²) in [5.74, 6) is 0.123. The summed E-state index contributed by atoms with van der Waals surface area (Å²) in [6.07, 6.45) is 1.48. The Balaban J connectivity index is 1.76. The Kier molecular flexibility index (Phi) is 5.88. The maximum atomic E-state index is 12.7. The standard InChI is InChI=1S/C20H19N3O4S2/c1-13-14(2)28-20(18(13)11-21)22-19(24)15-6-8-17(9-7-15)29(25,26)23(3)12-16-5-4-10-27-16/h4-10H,12H2,1-3H3,(H,22,24). The van der Waals surface area contributed by atoms with Gasteiger partial charge >= 0.3 is 0 Å². The summed E-state index contributed by atoms with van der Waals surface area (Å²) in [7, 11) is -2.27. The number of hydrogen-bond donors (Lipinski definition) is 1. The number of aryl methyl sites for hydroxylation is 1. The fourth-order valence-corrected chi connectivity index (χ4v) is 4.83. The number of carbonyl (C=O) groups excluding carboxylic acids is 1. The van der Waals surface area contributed by atoms with E-state index in [1.807, 2.05) is 13.8 Å². The van der Waals surface area contributed by atoms with Gasteiger partial charge in [0, 0.05) is 17.5 Å². The summed E-state index contributed by atoms with van der Waals surface area (Å²) < 4.78 is 31.8. The molecule has 29 heavy (non-hydrogen) atoms. The van der Waals surface area contributed by atoms with E-state index in [2.05, 4.69) is 11.4 Å². The smallest absolute Gasteiger partial charge is 0.256 e. The van der Waals surface area contributed by atoms with E-state index in [9.17, 15) is 18.5 Å². The molecular weight excluding hydrogens is 410 g/mol. The zero-order chi connectivity index (χ0) is 21.2. The molecule has 1 amide bonds. The number of sulfonamides is 1. The molecule has 0 radical (unpaired) electrons. The van der Waals surface area contributed by atoms with Gasteiger partial charge in [0.25, 0.3) is 5.91 Å². The molecule has 3 rings (SSSR count). The van der Waals surface area contributed by atoms with Gasteiger partial charge in [-0.3, -0.25) is 4.79 Å². The summed E-state index contributed by atoms with van der Waals surface area (Å²) in [5, 5.41) is 12.5. The van der Waals surface area contributed by atoms with Gasteiger partial charge in [-0.1, -0.05) is 0 Å². The molecule has 0 aliphatic carbocycles. The first-order chi connectivity index (χ1) is 13.7. The van der Waals surface area contributed by atoms with Crippen LogP contribution in [-0.2, 0) is 16.6 Å². The number of hydrogen-bond acceptors (Lipinski definition) is 6. The van der Waals surface area contributed by atoms with Crippen molar-refractivity contribution >= 4 is 32.3 Å². The van der Waals surface area contributed by atoms with Crippen LogP contribution in [-0.4, -0.2) is 25.7 Å². The van der Waals surface area contributed by atoms with Crippen molar-refractivity contribution < 1.29 is 17.6 Å². The third-order valence-electron chi connectivity index (χ3n) is 4.51. The summed E-state index contributed by atoms with van der Waals surface area (Å²) in [5.41, 5.74) is 1.58. The topological polar surface area (TPSA) is 103 Å². The van der Waals surface area contributed by atoms with Crippen LogP contribution in [0.1, 0.15) is 32.1 Å².